The highest BCUT2D eigenvalue weighted by Gasteiger charge is 2.46. The third-order valence-corrected chi connectivity index (χ3v) is 5.52. The number of rotatable bonds is 7. The molecule has 2 aliphatic heterocycles. The summed E-state index contributed by atoms with van der Waals surface area (Å²) in [7, 11) is 1.53. The van der Waals surface area contributed by atoms with Crippen LogP contribution >= 0.6 is 0 Å². The Morgan fingerprint density at radius 1 is 1.15 bits per heavy atom. The number of hydrogen-bond acceptors (Lipinski definition) is 8. The van der Waals surface area contributed by atoms with E-state index < -0.39 is 22.7 Å². The lowest BCUT2D eigenvalue weighted by Gasteiger charge is -2.25. The highest BCUT2D eigenvalue weighted by molar-refractivity contribution is 6.46. The number of methoxy groups -OCH3 is 1. The molecule has 0 aromatic heterocycles. The quantitative estimate of drug-likeness (QED) is 0.169. The lowest BCUT2D eigenvalue weighted by Crippen LogP contribution is -2.31. The molecule has 2 aromatic carbocycles. The number of nitro benzene ring substituents is 1. The summed E-state index contributed by atoms with van der Waals surface area (Å²) in [6.07, 6.45) is 0.469. The van der Waals surface area contributed by atoms with Gasteiger partial charge in [0.2, 0.25) is 0 Å². The molecule has 1 saturated heterocycles. The van der Waals surface area contributed by atoms with Crippen molar-refractivity contribution in [1.82, 2.24) is 4.90 Å². The Balaban J connectivity index is 1.80. The van der Waals surface area contributed by atoms with Gasteiger partial charge in [-0.25, -0.2) is 0 Å². The van der Waals surface area contributed by atoms with E-state index in [4.69, 9.17) is 14.2 Å². The van der Waals surface area contributed by atoms with Crippen LogP contribution in [0, 0.1) is 10.1 Å². The fraction of sp³-hybridized carbons (Fsp3) is 0.304. The Morgan fingerprint density at radius 2 is 1.85 bits per heavy atom. The number of likely N-dealkylation sites (tertiary alicyclic amines) is 1. The SMILES string of the molecule is COCCCN1C(=O)C(=O)C(=C(O)c2ccc3c(c2)OCCO3)C1c1ccc([N+](=O)[O-])cc1. The van der Waals surface area contributed by atoms with Crippen molar-refractivity contribution in [2.24, 2.45) is 0 Å². The molecule has 0 radical (unpaired) electrons. The predicted octanol–water partition coefficient (Wildman–Crippen LogP) is 2.82. The van der Waals surface area contributed by atoms with Crippen molar-refractivity contribution in [2.45, 2.75) is 12.5 Å². The Bertz CT molecular complexity index is 1130. The van der Waals surface area contributed by atoms with Crippen molar-refractivity contribution >= 4 is 23.1 Å². The summed E-state index contributed by atoms with van der Waals surface area (Å²) in [5, 5.41) is 22.2. The summed E-state index contributed by atoms with van der Waals surface area (Å²) in [6.45, 7) is 1.34. The first kappa shape index (κ1) is 22.3. The van der Waals surface area contributed by atoms with Gasteiger partial charge in [-0.05, 0) is 42.3 Å². The molecule has 4 rings (SSSR count). The van der Waals surface area contributed by atoms with E-state index in [1.165, 1.54) is 36.3 Å². The van der Waals surface area contributed by atoms with Crippen molar-refractivity contribution in [1.29, 1.82) is 0 Å². The van der Waals surface area contributed by atoms with Crippen LogP contribution in [0.1, 0.15) is 23.6 Å². The van der Waals surface area contributed by atoms with Crippen LogP contribution < -0.4 is 9.47 Å². The fourth-order valence-electron chi connectivity index (χ4n) is 3.96. The lowest BCUT2D eigenvalue weighted by atomic mass is 9.95. The molecule has 2 aliphatic rings. The zero-order valence-electron chi connectivity index (χ0n) is 17.9. The average Bonchev–Trinajstić information content (AvgIpc) is 3.08. The van der Waals surface area contributed by atoms with Gasteiger partial charge in [0, 0.05) is 38.0 Å². The van der Waals surface area contributed by atoms with E-state index in [0.29, 0.717) is 48.9 Å². The number of ketones is 1. The number of Topliss-reactive ketones (excluding diaryl/α,β-unsaturated/α-hetero) is 1. The Labute approximate surface area is 189 Å². The number of hydrogen-bond donors (Lipinski definition) is 1. The van der Waals surface area contributed by atoms with E-state index in [0.717, 1.165) is 0 Å². The molecular weight excluding hydrogens is 432 g/mol. The number of aliphatic hydroxyl groups is 1. The van der Waals surface area contributed by atoms with Crippen molar-refractivity contribution < 1.29 is 33.8 Å². The topological polar surface area (TPSA) is 128 Å². The smallest absolute Gasteiger partial charge is 0.295 e. The van der Waals surface area contributed by atoms with Crippen LogP contribution in [0.15, 0.2) is 48.0 Å². The monoisotopic (exact) mass is 454 g/mol. The van der Waals surface area contributed by atoms with Gasteiger partial charge < -0.3 is 24.2 Å². The van der Waals surface area contributed by atoms with Crippen molar-refractivity contribution in [3.8, 4) is 11.5 Å². The molecule has 10 heteroatoms. The Kier molecular flexibility index (Phi) is 6.27. The third-order valence-electron chi connectivity index (χ3n) is 5.52. The van der Waals surface area contributed by atoms with Gasteiger partial charge in [0.15, 0.2) is 11.5 Å². The number of nitro groups is 1. The standard InChI is InChI=1S/C23H22N2O8/c1-31-10-2-9-24-20(14-3-6-16(7-4-14)25(29)30)19(22(27)23(24)28)21(26)15-5-8-17-18(13-15)33-12-11-32-17/h3-8,13,20,26H,2,9-12H2,1H3. The molecule has 1 unspecified atom stereocenters. The van der Waals surface area contributed by atoms with E-state index in [2.05, 4.69) is 0 Å². The number of ether oxygens (including phenoxy) is 3. The summed E-state index contributed by atoms with van der Waals surface area (Å²) in [5.41, 5.74) is 0.544. The predicted molar refractivity (Wildman–Crippen MR) is 116 cm³/mol. The van der Waals surface area contributed by atoms with Gasteiger partial charge in [0.05, 0.1) is 16.5 Å². The molecule has 0 bridgehead atoms. The first-order chi connectivity index (χ1) is 15.9. The summed E-state index contributed by atoms with van der Waals surface area (Å²) in [6, 6.07) is 9.41. The first-order valence-corrected chi connectivity index (χ1v) is 10.3. The summed E-state index contributed by atoms with van der Waals surface area (Å²) < 4.78 is 16.1. The van der Waals surface area contributed by atoms with E-state index in [-0.39, 0.29) is 23.6 Å². The summed E-state index contributed by atoms with van der Waals surface area (Å²) in [4.78, 5) is 37.8. The normalized spacial score (nSPS) is 19.1. The maximum atomic E-state index is 13.0. The van der Waals surface area contributed by atoms with Crippen molar-refractivity contribution in [3.05, 3.63) is 69.3 Å². The second-order valence-electron chi connectivity index (χ2n) is 7.55. The van der Waals surface area contributed by atoms with Gasteiger partial charge in [-0.3, -0.25) is 19.7 Å². The molecule has 0 aliphatic carbocycles. The molecular formula is C23H22N2O8. The zero-order chi connectivity index (χ0) is 23.5. The largest absolute Gasteiger partial charge is 0.507 e. The second kappa shape index (κ2) is 9.29. The van der Waals surface area contributed by atoms with Crippen LogP contribution in [0.4, 0.5) is 5.69 Å². The van der Waals surface area contributed by atoms with Gasteiger partial charge in [0.1, 0.15) is 19.0 Å². The van der Waals surface area contributed by atoms with Crippen molar-refractivity contribution in [2.75, 3.05) is 33.5 Å². The number of nitrogens with zero attached hydrogens (tertiary/aromatic N) is 2. The molecule has 1 N–H and O–H groups in total. The molecule has 33 heavy (non-hydrogen) atoms. The maximum Gasteiger partial charge on any atom is 0.295 e. The molecule has 1 amide bonds. The Hall–Kier alpha value is -3.92. The molecule has 10 nitrogen and oxygen atoms in total. The van der Waals surface area contributed by atoms with E-state index >= 15 is 0 Å². The summed E-state index contributed by atoms with van der Waals surface area (Å²) >= 11 is 0. The fourth-order valence-corrected chi connectivity index (χ4v) is 3.96. The lowest BCUT2D eigenvalue weighted by molar-refractivity contribution is -0.384. The van der Waals surface area contributed by atoms with Gasteiger partial charge in [0.25, 0.3) is 17.4 Å². The number of amides is 1. The molecule has 1 fully saturated rings. The van der Waals surface area contributed by atoms with Crippen LogP contribution in [0.25, 0.3) is 5.76 Å². The van der Waals surface area contributed by atoms with Crippen LogP contribution in [0.2, 0.25) is 0 Å². The molecule has 2 heterocycles. The minimum atomic E-state index is -0.907. The van der Waals surface area contributed by atoms with Crippen LogP contribution in [-0.4, -0.2) is 60.1 Å². The first-order valence-electron chi connectivity index (χ1n) is 10.3. The van der Waals surface area contributed by atoms with Gasteiger partial charge >= 0.3 is 0 Å². The number of benzene rings is 2. The molecule has 0 saturated carbocycles. The van der Waals surface area contributed by atoms with E-state index in [9.17, 15) is 24.8 Å². The highest BCUT2D eigenvalue weighted by Crippen LogP contribution is 2.41. The molecule has 2 aromatic rings. The third kappa shape index (κ3) is 4.24. The number of carbonyl (C=O) groups excluding carboxylic acids is 2. The van der Waals surface area contributed by atoms with Gasteiger partial charge in [-0.2, -0.15) is 0 Å². The van der Waals surface area contributed by atoms with Crippen molar-refractivity contribution in [3.63, 3.8) is 0 Å². The number of non-ortho nitro benzene ring substituents is 1. The minimum Gasteiger partial charge on any atom is -0.507 e. The second-order valence-corrected chi connectivity index (χ2v) is 7.55. The number of carbonyl (C=O) groups is 2. The highest BCUT2D eigenvalue weighted by atomic mass is 16.6. The van der Waals surface area contributed by atoms with Gasteiger partial charge in [-0.15, -0.1) is 0 Å². The Morgan fingerprint density at radius 3 is 2.52 bits per heavy atom. The zero-order valence-corrected chi connectivity index (χ0v) is 17.9. The maximum absolute atomic E-state index is 13.0. The minimum absolute atomic E-state index is 0.0945. The molecule has 0 spiro atoms. The van der Waals surface area contributed by atoms with Gasteiger partial charge in [-0.1, -0.05) is 0 Å². The molecule has 172 valence electrons. The number of fused-ring (bicyclic) bond motifs is 1. The average molecular weight is 454 g/mol. The van der Waals surface area contributed by atoms with Crippen LogP contribution in [0.5, 0.6) is 11.5 Å². The van der Waals surface area contributed by atoms with Crippen LogP contribution in [-0.2, 0) is 14.3 Å². The van der Waals surface area contributed by atoms with E-state index in [1.54, 1.807) is 18.2 Å². The molecule has 1 atom stereocenters. The van der Waals surface area contributed by atoms with Crippen LogP contribution in [0.3, 0.4) is 0 Å². The summed E-state index contributed by atoms with van der Waals surface area (Å²) in [5.74, 6) is -1.00. The number of aliphatic hydroxyl groups excluding tert-OH is 1. The van der Waals surface area contributed by atoms with E-state index in [1.807, 2.05) is 0 Å².